The van der Waals surface area contributed by atoms with Gasteiger partial charge < -0.3 is 8.97 Å². The molecule has 4 heterocycles. The third-order valence-electron chi connectivity index (χ3n) is 8.38. The lowest BCUT2D eigenvalue weighted by Gasteiger charge is -2.11. The van der Waals surface area contributed by atoms with E-state index in [4.69, 9.17) is 15.0 Å². The van der Waals surface area contributed by atoms with E-state index in [0.29, 0.717) is 17.5 Å². The highest BCUT2D eigenvalue weighted by molar-refractivity contribution is 6.20. The van der Waals surface area contributed by atoms with Crippen LogP contribution in [0.3, 0.4) is 0 Å². The molecule has 4 aromatic heterocycles. The molecule has 0 amide bonds. The normalized spacial score (nSPS) is 11.6. The van der Waals surface area contributed by atoms with Crippen molar-refractivity contribution < 1.29 is 0 Å². The first-order valence-corrected chi connectivity index (χ1v) is 14.7. The first kappa shape index (κ1) is 24.5. The summed E-state index contributed by atoms with van der Waals surface area (Å²) in [7, 11) is 0. The predicted octanol–water partition coefficient (Wildman–Crippen LogP) is 9.38. The fraction of sp³-hybridized carbons (Fsp3) is 0. The van der Waals surface area contributed by atoms with Gasteiger partial charge in [-0.15, -0.1) is 0 Å². The maximum Gasteiger partial charge on any atom is 0.166 e. The Morgan fingerprint density at radius 2 is 0.909 bits per heavy atom. The molecule has 0 aliphatic heterocycles. The van der Waals surface area contributed by atoms with Crippen LogP contribution in [0.15, 0.2) is 152 Å². The van der Waals surface area contributed by atoms with Gasteiger partial charge in [0.05, 0.1) is 27.6 Å². The lowest BCUT2D eigenvalue weighted by atomic mass is 10.1. The molecule has 5 nitrogen and oxygen atoms in total. The number of fused-ring (bicyclic) bond motifs is 7. The van der Waals surface area contributed by atoms with E-state index in [2.05, 4.69) is 124 Å². The van der Waals surface area contributed by atoms with Crippen LogP contribution in [0.25, 0.3) is 78.1 Å². The molecule has 0 atom stereocenters. The van der Waals surface area contributed by atoms with Crippen LogP contribution in [-0.4, -0.2) is 23.9 Å². The average molecular weight is 564 g/mol. The van der Waals surface area contributed by atoms with Crippen molar-refractivity contribution in [2.24, 2.45) is 0 Å². The summed E-state index contributed by atoms with van der Waals surface area (Å²) < 4.78 is 4.67. The summed E-state index contributed by atoms with van der Waals surface area (Å²) in [5.74, 6) is 1.94. The highest BCUT2D eigenvalue weighted by atomic mass is 15.1. The smallest absolute Gasteiger partial charge is 0.166 e. The Balaban J connectivity index is 1.48. The number of aromatic nitrogens is 5. The number of rotatable bonds is 4. The number of pyridine rings is 1. The Hall–Kier alpha value is -6.07. The van der Waals surface area contributed by atoms with E-state index in [9.17, 15) is 0 Å². The van der Waals surface area contributed by atoms with Crippen LogP contribution in [0.1, 0.15) is 0 Å². The average Bonchev–Trinajstić information content (AvgIpc) is 3.62. The summed E-state index contributed by atoms with van der Waals surface area (Å²) in [6.07, 6.45) is 2.18. The van der Waals surface area contributed by atoms with Gasteiger partial charge in [0.25, 0.3) is 0 Å². The van der Waals surface area contributed by atoms with E-state index in [1.54, 1.807) is 0 Å². The fourth-order valence-electron chi connectivity index (χ4n) is 6.46. The summed E-state index contributed by atoms with van der Waals surface area (Å²) in [4.78, 5) is 15.4. The van der Waals surface area contributed by atoms with Gasteiger partial charge in [-0.05, 0) is 30.3 Å². The van der Waals surface area contributed by atoms with E-state index in [1.807, 2.05) is 36.4 Å². The Labute approximate surface area is 253 Å². The molecule has 0 bridgehead atoms. The standard InChI is InChI=1S/C39H25N5/c1-4-14-26(15-5-1)37-40-38(27-16-6-2-7-17-27)42-39(41-37)34-31-21-11-12-22-32(31)43-25-24-30-29-20-10-13-23-33(29)44(35(30)36(34)43)28-18-8-3-9-19-28/h1-25H. The van der Waals surface area contributed by atoms with E-state index < -0.39 is 0 Å². The molecule has 9 aromatic rings. The van der Waals surface area contributed by atoms with E-state index in [-0.39, 0.29) is 0 Å². The van der Waals surface area contributed by atoms with Gasteiger partial charge >= 0.3 is 0 Å². The first-order valence-electron chi connectivity index (χ1n) is 14.7. The van der Waals surface area contributed by atoms with Gasteiger partial charge in [0.1, 0.15) is 0 Å². The summed E-state index contributed by atoms with van der Waals surface area (Å²) >= 11 is 0. The van der Waals surface area contributed by atoms with Crippen molar-refractivity contribution in [2.45, 2.75) is 0 Å². The third-order valence-corrected chi connectivity index (χ3v) is 8.38. The van der Waals surface area contributed by atoms with Gasteiger partial charge in [0, 0.05) is 39.2 Å². The zero-order valence-corrected chi connectivity index (χ0v) is 23.7. The molecule has 0 unspecified atom stereocenters. The predicted molar refractivity (Wildman–Crippen MR) is 179 cm³/mol. The molecule has 9 rings (SSSR count). The molecule has 5 heteroatoms. The van der Waals surface area contributed by atoms with Crippen molar-refractivity contribution in [3.63, 3.8) is 0 Å². The van der Waals surface area contributed by atoms with Crippen molar-refractivity contribution in [2.75, 3.05) is 0 Å². The molecule has 206 valence electrons. The van der Waals surface area contributed by atoms with Crippen molar-refractivity contribution in [1.29, 1.82) is 0 Å². The lowest BCUT2D eigenvalue weighted by Crippen LogP contribution is -2.01. The van der Waals surface area contributed by atoms with Crippen LogP contribution < -0.4 is 0 Å². The number of benzene rings is 5. The topological polar surface area (TPSA) is 48.0 Å². The largest absolute Gasteiger partial charge is 0.314 e. The van der Waals surface area contributed by atoms with Gasteiger partial charge in [0.2, 0.25) is 0 Å². The fourth-order valence-corrected chi connectivity index (χ4v) is 6.46. The Bertz CT molecular complexity index is 2420. The second-order valence-electron chi connectivity index (χ2n) is 10.9. The van der Waals surface area contributed by atoms with Crippen LogP contribution in [0.4, 0.5) is 0 Å². The summed E-state index contributed by atoms with van der Waals surface area (Å²) in [6, 6.07) is 50.3. The van der Waals surface area contributed by atoms with Gasteiger partial charge in [0.15, 0.2) is 17.5 Å². The van der Waals surface area contributed by atoms with Crippen LogP contribution >= 0.6 is 0 Å². The molecule has 0 fully saturated rings. The molecule has 5 aromatic carbocycles. The molecule has 0 N–H and O–H groups in total. The molecular formula is C39H25N5. The Kier molecular flexibility index (Phi) is 5.43. The maximum absolute atomic E-state index is 5.19. The molecule has 0 aliphatic carbocycles. The van der Waals surface area contributed by atoms with Crippen molar-refractivity contribution in [3.8, 4) is 39.9 Å². The summed E-state index contributed by atoms with van der Waals surface area (Å²) in [5.41, 5.74) is 8.43. The summed E-state index contributed by atoms with van der Waals surface area (Å²) in [5, 5.41) is 3.48. The second-order valence-corrected chi connectivity index (χ2v) is 10.9. The Morgan fingerprint density at radius 1 is 0.386 bits per heavy atom. The minimum atomic E-state index is 0.647. The number of hydrogen-bond donors (Lipinski definition) is 0. The van der Waals surface area contributed by atoms with Gasteiger partial charge in [-0.1, -0.05) is 115 Å². The zero-order chi connectivity index (χ0) is 29.0. The van der Waals surface area contributed by atoms with Crippen LogP contribution in [0.5, 0.6) is 0 Å². The first-order chi connectivity index (χ1) is 21.8. The van der Waals surface area contributed by atoms with Gasteiger partial charge in [-0.2, -0.15) is 0 Å². The molecule has 0 aliphatic rings. The molecule has 0 spiro atoms. The van der Waals surface area contributed by atoms with Gasteiger partial charge in [-0.25, -0.2) is 15.0 Å². The minimum absolute atomic E-state index is 0.647. The third kappa shape index (κ3) is 3.69. The minimum Gasteiger partial charge on any atom is -0.314 e. The van der Waals surface area contributed by atoms with E-state index in [1.165, 1.54) is 10.8 Å². The number of hydrogen-bond acceptors (Lipinski definition) is 3. The van der Waals surface area contributed by atoms with Gasteiger partial charge in [-0.3, -0.25) is 0 Å². The SMILES string of the molecule is c1ccc(-c2nc(-c3ccccc3)nc(-c3c4ccccc4n4ccc5c6ccccc6n(-c6ccccc6)c5c34)n2)cc1. The number of para-hydroxylation sites is 3. The Morgan fingerprint density at radius 3 is 1.57 bits per heavy atom. The number of nitrogens with zero attached hydrogens (tertiary/aromatic N) is 5. The summed E-state index contributed by atoms with van der Waals surface area (Å²) in [6.45, 7) is 0. The molecule has 0 saturated heterocycles. The highest BCUT2D eigenvalue weighted by Crippen LogP contribution is 2.42. The van der Waals surface area contributed by atoms with Crippen molar-refractivity contribution in [1.82, 2.24) is 23.9 Å². The van der Waals surface area contributed by atoms with Crippen LogP contribution in [-0.2, 0) is 0 Å². The maximum atomic E-state index is 5.19. The molecular weight excluding hydrogens is 538 g/mol. The monoisotopic (exact) mass is 563 g/mol. The molecule has 0 radical (unpaired) electrons. The van der Waals surface area contributed by atoms with Crippen molar-refractivity contribution >= 4 is 38.2 Å². The van der Waals surface area contributed by atoms with Crippen LogP contribution in [0.2, 0.25) is 0 Å². The molecule has 44 heavy (non-hydrogen) atoms. The lowest BCUT2D eigenvalue weighted by molar-refractivity contribution is 1.08. The van der Waals surface area contributed by atoms with Crippen molar-refractivity contribution in [3.05, 3.63) is 152 Å². The van der Waals surface area contributed by atoms with E-state index >= 15 is 0 Å². The van der Waals surface area contributed by atoms with Crippen LogP contribution in [0, 0.1) is 0 Å². The molecule has 0 saturated carbocycles. The zero-order valence-electron chi connectivity index (χ0n) is 23.7. The van der Waals surface area contributed by atoms with E-state index in [0.717, 1.165) is 49.8 Å². The second kappa shape index (κ2) is 9.75. The highest BCUT2D eigenvalue weighted by Gasteiger charge is 2.24. The quantitative estimate of drug-likeness (QED) is 0.214.